The van der Waals surface area contributed by atoms with Gasteiger partial charge >= 0.3 is 0 Å². The van der Waals surface area contributed by atoms with Crippen LogP contribution in [0.15, 0.2) is 90.2 Å². The maximum atomic E-state index is 13.5. The molecule has 2 aromatic heterocycles. The van der Waals surface area contributed by atoms with Crippen molar-refractivity contribution in [2.24, 2.45) is 0 Å². The van der Waals surface area contributed by atoms with Crippen LogP contribution in [0.2, 0.25) is 10.0 Å². The molecule has 0 aliphatic carbocycles. The fourth-order valence-electron chi connectivity index (χ4n) is 5.09. The van der Waals surface area contributed by atoms with E-state index in [0.29, 0.717) is 41.8 Å². The van der Waals surface area contributed by atoms with E-state index in [1.807, 2.05) is 47.0 Å². The number of rotatable bonds is 5. The summed E-state index contributed by atoms with van der Waals surface area (Å²) in [6.45, 7) is 3.37. The van der Waals surface area contributed by atoms with Gasteiger partial charge in [0.1, 0.15) is 12.1 Å². The molecule has 0 N–H and O–H groups in total. The summed E-state index contributed by atoms with van der Waals surface area (Å²) in [6, 6.07) is 22.7. The van der Waals surface area contributed by atoms with Gasteiger partial charge in [0.2, 0.25) is 10.0 Å². The Hall–Kier alpha value is -3.43. The standard InChI is InChI=1S/C29H25Cl2N5O2S/c1-20-25(31)11-6-12-26(20)39(37,38)35-15-13-34(14-16-35)28-27-24(21-7-3-2-4-8-21)18-36(29(27)33-19-32-28)23-10-5-9-22(30)17-23/h2-12,17-19H,13-16H2,1H3. The number of anilines is 1. The van der Waals surface area contributed by atoms with E-state index in [2.05, 4.69) is 28.2 Å². The van der Waals surface area contributed by atoms with Crippen LogP contribution in [0.3, 0.4) is 0 Å². The number of nitrogens with zero attached hydrogens (tertiary/aromatic N) is 5. The molecule has 3 aromatic carbocycles. The Morgan fingerprint density at radius 3 is 2.33 bits per heavy atom. The maximum absolute atomic E-state index is 13.5. The largest absolute Gasteiger partial charge is 0.353 e. The lowest BCUT2D eigenvalue weighted by atomic mass is 10.1. The molecule has 6 rings (SSSR count). The Balaban J connectivity index is 1.39. The Labute approximate surface area is 237 Å². The molecule has 0 unspecified atom stereocenters. The second kappa shape index (κ2) is 10.3. The molecule has 10 heteroatoms. The third-order valence-electron chi connectivity index (χ3n) is 7.11. The monoisotopic (exact) mass is 577 g/mol. The van der Waals surface area contributed by atoms with Crippen molar-refractivity contribution in [3.8, 4) is 16.8 Å². The van der Waals surface area contributed by atoms with Crippen molar-refractivity contribution in [3.63, 3.8) is 0 Å². The van der Waals surface area contributed by atoms with Crippen molar-refractivity contribution >= 4 is 50.1 Å². The number of hydrogen-bond acceptors (Lipinski definition) is 5. The second-order valence-corrected chi connectivity index (χ2v) is 12.2. The molecule has 7 nitrogen and oxygen atoms in total. The van der Waals surface area contributed by atoms with Crippen LogP contribution < -0.4 is 4.90 Å². The summed E-state index contributed by atoms with van der Waals surface area (Å²) in [5.41, 5.74) is 4.24. The molecule has 5 aromatic rings. The van der Waals surface area contributed by atoms with Gasteiger partial charge < -0.3 is 9.47 Å². The Morgan fingerprint density at radius 2 is 1.59 bits per heavy atom. The summed E-state index contributed by atoms with van der Waals surface area (Å²) in [6.07, 6.45) is 3.62. The van der Waals surface area contributed by atoms with Gasteiger partial charge in [-0.05, 0) is 48.4 Å². The quantitative estimate of drug-likeness (QED) is 0.248. The summed E-state index contributed by atoms with van der Waals surface area (Å²) in [5.74, 6) is 0.774. The highest BCUT2D eigenvalue weighted by molar-refractivity contribution is 7.89. The molecular formula is C29H25Cl2N5O2S. The zero-order chi connectivity index (χ0) is 27.1. The molecule has 0 radical (unpaired) electrons. The number of sulfonamides is 1. The molecular weight excluding hydrogens is 553 g/mol. The van der Waals surface area contributed by atoms with E-state index in [-0.39, 0.29) is 4.90 Å². The zero-order valence-corrected chi connectivity index (χ0v) is 23.5. The number of piperazine rings is 1. The van der Waals surface area contributed by atoms with Crippen molar-refractivity contribution in [1.29, 1.82) is 0 Å². The van der Waals surface area contributed by atoms with Crippen LogP contribution in [-0.2, 0) is 10.0 Å². The highest BCUT2D eigenvalue weighted by atomic mass is 35.5. The van der Waals surface area contributed by atoms with Crippen LogP contribution in [-0.4, -0.2) is 53.4 Å². The highest BCUT2D eigenvalue weighted by Crippen LogP contribution is 2.37. The van der Waals surface area contributed by atoms with E-state index in [0.717, 1.165) is 33.7 Å². The van der Waals surface area contributed by atoms with Gasteiger partial charge in [-0.15, -0.1) is 0 Å². The number of fused-ring (bicyclic) bond motifs is 1. The van der Waals surface area contributed by atoms with Gasteiger partial charge in [0.25, 0.3) is 0 Å². The first kappa shape index (κ1) is 25.8. The van der Waals surface area contributed by atoms with E-state index in [1.165, 1.54) is 4.31 Å². The van der Waals surface area contributed by atoms with Crippen LogP contribution in [0.1, 0.15) is 5.56 Å². The van der Waals surface area contributed by atoms with E-state index in [4.69, 9.17) is 28.2 Å². The summed E-state index contributed by atoms with van der Waals surface area (Å²) in [5, 5.41) is 1.98. The molecule has 0 spiro atoms. The van der Waals surface area contributed by atoms with Gasteiger partial charge in [-0.2, -0.15) is 4.31 Å². The molecule has 1 saturated heterocycles. The second-order valence-electron chi connectivity index (χ2n) is 9.41. The number of halogens is 2. The first-order valence-electron chi connectivity index (χ1n) is 12.5. The molecule has 0 saturated carbocycles. The maximum Gasteiger partial charge on any atom is 0.243 e. The van der Waals surface area contributed by atoms with Gasteiger partial charge in [-0.25, -0.2) is 18.4 Å². The normalized spacial score (nSPS) is 14.7. The van der Waals surface area contributed by atoms with Crippen LogP contribution in [0.25, 0.3) is 27.8 Å². The van der Waals surface area contributed by atoms with Gasteiger partial charge in [-0.1, -0.05) is 65.7 Å². The van der Waals surface area contributed by atoms with Gasteiger partial charge in [0, 0.05) is 53.7 Å². The van der Waals surface area contributed by atoms with Gasteiger partial charge in [0.15, 0.2) is 5.65 Å². The Bertz CT molecular complexity index is 1780. The van der Waals surface area contributed by atoms with Crippen molar-refractivity contribution < 1.29 is 8.42 Å². The highest BCUT2D eigenvalue weighted by Gasteiger charge is 2.31. The molecule has 0 amide bonds. The SMILES string of the molecule is Cc1c(Cl)cccc1S(=O)(=O)N1CCN(c2ncnc3c2c(-c2ccccc2)cn3-c2cccc(Cl)c2)CC1. The average molecular weight is 579 g/mol. The lowest BCUT2D eigenvalue weighted by molar-refractivity contribution is 0.384. The first-order valence-corrected chi connectivity index (χ1v) is 14.7. The van der Waals surface area contributed by atoms with E-state index in [9.17, 15) is 8.42 Å². The van der Waals surface area contributed by atoms with Crippen molar-refractivity contribution in [3.05, 3.63) is 101 Å². The van der Waals surface area contributed by atoms with Crippen molar-refractivity contribution in [1.82, 2.24) is 18.8 Å². The Kier molecular flexibility index (Phi) is 6.81. The van der Waals surface area contributed by atoms with Crippen LogP contribution in [0.5, 0.6) is 0 Å². The van der Waals surface area contributed by atoms with E-state index >= 15 is 0 Å². The average Bonchev–Trinajstić information content (AvgIpc) is 3.35. The van der Waals surface area contributed by atoms with E-state index in [1.54, 1.807) is 31.5 Å². The lowest BCUT2D eigenvalue weighted by Crippen LogP contribution is -2.49. The minimum atomic E-state index is -3.68. The molecule has 1 aliphatic heterocycles. The third-order valence-corrected chi connectivity index (χ3v) is 9.80. The topological polar surface area (TPSA) is 71.3 Å². The minimum absolute atomic E-state index is 0.248. The number of benzene rings is 3. The molecule has 1 fully saturated rings. The molecule has 1 aliphatic rings. The third kappa shape index (κ3) is 4.67. The summed E-state index contributed by atoms with van der Waals surface area (Å²) in [7, 11) is -3.68. The van der Waals surface area contributed by atoms with Gasteiger partial charge in [-0.3, -0.25) is 0 Å². The fraction of sp³-hybridized carbons (Fsp3) is 0.172. The van der Waals surface area contributed by atoms with E-state index < -0.39 is 10.0 Å². The summed E-state index contributed by atoms with van der Waals surface area (Å²) >= 11 is 12.5. The summed E-state index contributed by atoms with van der Waals surface area (Å²) in [4.78, 5) is 11.7. The number of hydrogen-bond donors (Lipinski definition) is 0. The van der Waals surface area contributed by atoms with Gasteiger partial charge in [0.05, 0.1) is 10.3 Å². The molecule has 198 valence electrons. The van der Waals surface area contributed by atoms with Crippen molar-refractivity contribution in [2.45, 2.75) is 11.8 Å². The zero-order valence-electron chi connectivity index (χ0n) is 21.1. The predicted molar refractivity (Wildman–Crippen MR) is 156 cm³/mol. The van der Waals surface area contributed by atoms with Crippen molar-refractivity contribution in [2.75, 3.05) is 31.1 Å². The fourth-order valence-corrected chi connectivity index (χ4v) is 7.18. The summed E-state index contributed by atoms with van der Waals surface area (Å²) < 4.78 is 30.5. The van der Waals surface area contributed by atoms with Crippen LogP contribution in [0.4, 0.5) is 5.82 Å². The van der Waals surface area contributed by atoms with Crippen LogP contribution >= 0.6 is 23.2 Å². The van der Waals surface area contributed by atoms with Crippen LogP contribution in [0, 0.1) is 6.92 Å². The molecule has 0 atom stereocenters. The Morgan fingerprint density at radius 1 is 0.846 bits per heavy atom. The number of aromatic nitrogens is 3. The molecule has 39 heavy (non-hydrogen) atoms. The minimum Gasteiger partial charge on any atom is -0.353 e. The molecule has 3 heterocycles. The predicted octanol–water partition coefficient (Wildman–Crippen LogP) is 6.21. The smallest absolute Gasteiger partial charge is 0.243 e. The lowest BCUT2D eigenvalue weighted by Gasteiger charge is -2.35. The molecule has 0 bridgehead atoms. The first-order chi connectivity index (χ1) is 18.8.